The fraction of sp³-hybridized carbons (Fsp3) is 0.300. The quantitative estimate of drug-likeness (QED) is 0.602. The molecule has 0 atom stereocenters. The van der Waals surface area contributed by atoms with Crippen LogP contribution in [-0.2, 0) is 13.0 Å². The number of aromatic nitrogens is 2. The Morgan fingerprint density at radius 1 is 1.04 bits per heavy atom. The zero-order valence-electron chi connectivity index (χ0n) is 13.8. The first-order valence-electron chi connectivity index (χ1n) is 8.42. The number of fused-ring (bicyclic) bond motifs is 1. The van der Waals surface area contributed by atoms with Crippen molar-refractivity contribution in [3.63, 3.8) is 0 Å². The van der Waals surface area contributed by atoms with Gasteiger partial charge in [0.2, 0.25) is 0 Å². The van der Waals surface area contributed by atoms with Gasteiger partial charge < -0.3 is 0 Å². The molecule has 0 saturated carbocycles. The lowest BCUT2D eigenvalue weighted by Crippen LogP contribution is -2.26. The topological polar surface area (TPSA) is 34.9 Å². The highest BCUT2D eigenvalue weighted by Gasteiger charge is 2.11. The van der Waals surface area contributed by atoms with Gasteiger partial charge in [-0.15, -0.1) is 0 Å². The van der Waals surface area contributed by atoms with Gasteiger partial charge in [-0.1, -0.05) is 55.6 Å². The van der Waals surface area contributed by atoms with Crippen molar-refractivity contribution in [3.8, 4) is 0 Å². The zero-order valence-corrected chi connectivity index (χ0v) is 14.6. The number of para-hydroxylation sites is 1. The Bertz CT molecular complexity index is 884. The smallest absolute Gasteiger partial charge is 0.261 e. The highest BCUT2D eigenvalue weighted by atomic mass is 35.5. The first-order chi connectivity index (χ1) is 11.7. The fourth-order valence-corrected chi connectivity index (χ4v) is 3.00. The van der Waals surface area contributed by atoms with Crippen LogP contribution in [0, 0.1) is 0 Å². The van der Waals surface area contributed by atoms with Crippen LogP contribution in [0.3, 0.4) is 0 Å². The molecular formula is C20H21ClN2O. The highest BCUT2D eigenvalue weighted by molar-refractivity contribution is 6.30. The number of benzene rings is 2. The predicted octanol–water partition coefficient (Wildman–Crippen LogP) is 4.83. The van der Waals surface area contributed by atoms with Gasteiger partial charge in [-0.05, 0) is 36.2 Å². The summed E-state index contributed by atoms with van der Waals surface area (Å²) in [5, 5.41) is 1.37. The third-order valence-corrected chi connectivity index (χ3v) is 4.45. The SMILES string of the molecule is CCCCCc1nc2ccccc2c(=O)n1Cc1ccc(Cl)cc1. The molecule has 0 amide bonds. The molecular weight excluding hydrogens is 320 g/mol. The second-order valence-corrected chi connectivity index (χ2v) is 6.46. The van der Waals surface area contributed by atoms with Crippen LogP contribution in [0.2, 0.25) is 5.02 Å². The molecule has 2 aromatic carbocycles. The fourth-order valence-electron chi connectivity index (χ4n) is 2.87. The van der Waals surface area contributed by atoms with E-state index in [0.29, 0.717) is 17.0 Å². The Hall–Kier alpha value is -2.13. The van der Waals surface area contributed by atoms with Crippen LogP contribution >= 0.6 is 11.6 Å². The number of halogens is 1. The molecule has 3 aromatic rings. The highest BCUT2D eigenvalue weighted by Crippen LogP contribution is 2.14. The first kappa shape index (κ1) is 16.7. The monoisotopic (exact) mass is 340 g/mol. The van der Waals surface area contributed by atoms with Gasteiger partial charge in [0.05, 0.1) is 17.4 Å². The molecule has 124 valence electrons. The summed E-state index contributed by atoms with van der Waals surface area (Å²) >= 11 is 5.96. The maximum Gasteiger partial charge on any atom is 0.261 e. The Kier molecular flexibility index (Phi) is 5.31. The summed E-state index contributed by atoms with van der Waals surface area (Å²) in [4.78, 5) is 17.7. The van der Waals surface area contributed by atoms with Gasteiger partial charge in [-0.25, -0.2) is 4.98 Å². The molecule has 24 heavy (non-hydrogen) atoms. The normalized spacial score (nSPS) is 11.1. The van der Waals surface area contributed by atoms with Crippen molar-refractivity contribution in [1.82, 2.24) is 9.55 Å². The van der Waals surface area contributed by atoms with E-state index in [-0.39, 0.29) is 5.56 Å². The van der Waals surface area contributed by atoms with Gasteiger partial charge in [0, 0.05) is 11.4 Å². The maximum atomic E-state index is 13.0. The van der Waals surface area contributed by atoms with Gasteiger partial charge in [0.1, 0.15) is 5.82 Å². The average molecular weight is 341 g/mol. The Morgan fingerprint density at radius 2 is 1.79 bits per heavy atom. The van der Waals surface area contributed by atoms with Crippen molar-refractivity contribution >= 4 is 22.5 Å². The minimum atomic E-state index is 0.0297. The van der Waals surface area contributed by atoms with E-state index in [4.69, 9.17) is 16.6 Å². The maximum absolute atomic E-state index is 13.0. The number of nitrogens with zero attached hydrogens (tertiary/aromatic N) is 2. The molecule has 0 unspecified atom stereocenters. The summed E-state index contributed by atoms with van der Waals surface area (Å²) < 4.78 is 1.81. The Balaban J connectivity index is 2.04. The lowest BCUT2D eigenvalue weighted by Gasteiger charge is -2.14. The molecule has 3 rings (SSSR count). The van der Waals surface area contributed by atoms with E-state index in [0.717, 1.165) is 42.6 Å². The van der Waals surface area contributed by atoms with Crippen LogP contribution in [0.4, 0.5) is 0 Å². The van der Waals surface area contributed by atoms with E-state index in [1.165, 1.54) is 0 Å². The van der Waals surface area contributed by atoms with Crippen LogP contribution in [-0.4, -0.2) is 9.55 Å². The van der Waals surface area contributed by atoms with Crippen LogP contribution in [0.1, 0.15) is 37.6 Å². The third-order valence-electron chi connectivity index (χ3n) is 4.20. The van der Waals surface area contributed by atoms with Crippen molar-refractivity contribution in [3.05, 3.63) is 75.3 Å². The molecule has 0 spiro atoms. The number of rotatable bonds is 6. The molecule has 1 heterocycles. The van der Waals surface area contributed by atoms with Gasteiger partial charge >= 0.3 is 0 Å². The summed E-state index contributed by atoms with van der Waals surface area (Å²) in [6, 6.07) is 15.2. The molecule has 0 aliphatic heterocycles. The lowest BCUT2D eigenvalue weighted by atomic mass is 10.1. The van der Waals surface area contributed by atoms with Gasteiger partial charge in [0.25, 0.3) is 5.56 Å². The minimum absolute atomic E-state index is 0.0297. The van der Waals surface area contributed by atoms with E-state index < -0.39 is 0 Å². The first-order valence-corrected chi connectivity index (χ1v) is 8.79. The number of unbranched alkanes of at least 4 members (excludes halogenated alkanes) is 2. The lowest BCUT2D eigenvalue weighted by molar-refractivity contribution is 0.628. The third kappa shape index (κ3) is 3.68. The van der Waals surface area contributed by atoms with E-state index >= 15 is 0 Å². The molecule has 0 bridgehead atoms. The van der Waals surface area contributed by atoms with E-state index in [1.807, 2.05) is 48.5 Å². The van der Waals surface area contributed by atoms with Crippen LogP contribution in [0.5, 0.6) is 0 Å². The van der Waals surface area contributed by atoms with Crippen LogP contribution < -0.4 is 5.56 Å². The van der Waals surface area contributed by atoms with Crippen molar-refractivity contribution in [2.24, 2.45) is 0 Å². The number of aryl methyl sites for hydroxylation is 1. The van der Waals surface area contributed by atoms with Gasteiger partial charge in [0.15, 0.2) is 0 Å². The second-order valence-electron chi connectivity index (χ2n) is 6.02. The minimum Gasteiger partial charge on any atom is -0.292 e. The molecule has 1 aromatic heterocycles. The predicted molar refractivity (Wildman–Crippen MR) is 99.8 cm³/mol. The summed E-state index contributed by atoms with van der Waals surface area (Å²) in [5.41, 5.74) is 1.86. The van der Waals surface area contributed by atoms with Gasteiger partial charge in [-0.3, -0.25) is 9.36 Å². The van der Waals surface area contributed by atoms with E-state index in [9.17, 15) is 4.79 Å². The molecule has 0 radical (unpaired) electrons. The molecule has 3 nitrogen and oxygen atoms in total. The van der Waals surface area contributed by atoms with E-state index in [2.05, 4.69) is 6.92 Å². The summed E-state index contributed by atoms with van der Waals surface area (Å²) in [6.07, 6.45) is 4.15. The van der Waals surface area contributed by atoms with Crippen molar-refractivity contribution in [2.45, 2.75) is 39.2 Å². The Morgan fingerprint density at radius 3 is 2.54 bits per heavy atom. The van der Waals surface area contributed by atoms with Gasteiger partial charge in [-0.2, -0.15) is 0 Å². The standard InChI is InChI=1S/C20H21ClN2O/c1-2-3-4-9-19-22-18-8-6-5-7-17(18)20(24)23(19)14-15-10-12-16(21)13-11-15/h5-8,10-13H,2-4,9,14H2,1H3. The van der Waals surface area contributed by atoms with E-state index in [1.54, 1.807) is 4.57 Å². The largest absolute Gasteiger partial charge is 0.292 e. The second kappa shape index (κ2) is 7.63. The van der Waals surface area contributed by atoms with Crippen LogP contribution in [0.15, 0.2) is 53.3 Å². The zero-order chi connectivity index (χ0) is 16.9. The van der Waals surface area contributed by atoms with Crippen molar-refractivity contribution < 1.29 is 0 Å². The van der Waals surface area contributed by atoms with Crippen molar-refractivity contribution in [1.29, 1.82) is 0 Å². The Labute approximate surface area is 146 Å². The molecule has 0 fully saturated rings. The average Bonchev–Trinajstić information content (AvgIpc) is 2.60. The molecule has 0 aliphatic carbocycles. The molecule has 0 saturated heterocycles. The molecule has 4 heteroatoms. The summed E-state index contributed by atoms with van der Waals surface area (Å²) in [7, 11) is 0. The number of hydrogen-bond acceptors (Lipinski definition) is 2. The van der Waals surface area contributed by atoms with Crippen molar-refractivity contribution in [2.75, 3.05) is 0 Å². The molecule has 0 aliphatic rings. The molecule has 0 N–H and O–H groups in total. The summed E-state index contributed by atoms with van der Waals surface area (Å²) in [5.74, 6) is 0.863. The van der Waals surface area contributed by atoms with Crippen LogP contribution in [0.25, 0.3) is 10.9 Å². The number of hydrogen-bond donors (Lipinski definition) is 0. The summed E-state index contributed by atoms with van der Waals surface area (Å²) in [6.45, 7) is 2.70.